The lowest BCUT2D eigenvalue weighted by Crippen LogP contribution is -2.39. The second-order valence-electron chi connectivity index (χ2n) is 8.57. The van der Waals surface area contributed by atoms with E-state index in [0.717, 1.165) is 45.4 Å². The zero-order valence-electron chi connectivity index (χ0n) is 18.9. The number of para-hydroxylation sites is 2. The summed E-state index contributed by atoms with van der Waals surface area (Å²) >= 11 is 1.55. The van der Waals surface area contributed by atoms with Gasteiger partial charge in [0.25, 0.3) is 0 Å². The number of nitrogens with zero attached hydrogens (tertiary/aromatic N) is 3. The Bertz CT molecular complexity index is 1100. The van der Waals surface area contributed by atoms with Gasteiger partial charge in [0.1, 0.15) is 5.00 Å². The molecule has 0 aliphatic carbocycles. The summed E-state index contributed by atoms with van der Waals surface area (Å²) in [5, 5.41) is 4.23. The first kappa shape index (κ1) is 21.6. The topological polar surface area (TPSA) is 67.3 Å². The van der Waals surface area contributed by atoms with Gasteiger partial charge in [-0.3, -0.25) is 0 Å². The van der Waals surface area contributed by atoms with E-state index in [1.807, 2.05) is 45.0 Å². The predicted molar refractivity (Wildman–Crippen MR) is 128 cm³/mol. The highest BCUT2D eigenvalue weighted by Gasteiger charge is 2.27. The SMILES string of the molecule is CCOC(=O)c1c(Nc2nc3ccccc3nc2N2C[C@H](C)C[C@H](C)C2)sc(C)c1C. The molecule has 0 radical (unpaired) electrons. The van der Waals surface area contributed by atoms with E-state index in [9.17, 15) is 4.79 Å². The molecule has 31 heavy (non-hydrogen) atoms. The van der Waals surface area contributed by atoms with Crippen molar-refractivity contribution in [2.75, 3.05) is 29.9 Å². The maximum absolute atomic E-state index is 12.7. The van der Waals surface area contributed by atoms with Crippen molar-refractivity contribution in [1.29, 1.82) is 0 Å². The second kappa shape index (κ2) is 8.83. The van der Waals surface area contributed by atoms with Gasteiger partial charge in [-0.25, -0.2) is 14.8 Å². The quantitative estimate of drug-likeness (QED) is 0.515. The number of piperidine rings is 1. The molecule has 2 aromatic heterocycles. The number of aryl methyl sites for hydroxylation is 1. The molecule has 1 N–H and O–H groups in total. The van der Waals surface area contributed by atoms with Crippen molar-refractivity contribution in [1.82, 2.24) is 9.97 Å². The number of hydrogen-bond acceptors (Lipinski definition) is 7. The Morgan fingerprint density at radius 2 is 1.81 bits per heavy atom. The molecule has 164 valence electrons. The average Bonchev–Trinajstić information content (AvgIpc) is 3.00. The molecular weight excluding hydrogens is 408 g/mol. The van der Waals surface area contributed by atoms with Crippen molar-refractivity contribution in [2.45, 2.75) is 41.0 Å². The highest BCUT2D eigenvalue weighted by atomic mass is 32.1. The largest absolute Gasteiger partial charge is 0.462 e. The maximum Gasteiger partial charge on any atom is 0.341 e. The van der Waals surface area contributed by atoms with Gasteiger partial charge in [0.05, 0.1) is 23.2 Å². The number of ether oxygens (including phenoxy) is 1. The van der Waals surface area contributed by atoms with Gasteiger partial charge < -0.3 is 15.0 Å². The molecular formula is C24H30N4O2S. The van der Waals surface area contributed by atoms with Crippen molar-refractivity contribution in [3.05, 3.63) is 40.3 Å². The van der Waals surface area contributed by atoms with Crippen LogP contribution in [0.4, 0.5) is 16.6 Å². The Hall–Kier alpha value is -2.67. The first-order valence-corrected chi connectivity index (χ1v) is 11.7. The third-order valence-corrected chi connectivity index (χ3v) is 6.94. The fraction of sp³-hybridized carbons (Fsp3) is 0.458. The number of benzene rings is 1. The number of fused-ring (bicyclic) bond motifs is 1. The standard InChI is InChI=1S/C24H30N4O2S/c1-6-30-24(29)20-16(4)17(5)31-23(20)27-21-22(28-12-14(2)11-15(3)13-28)26-19-10-8-7-9-18(19)25-21/h7-10,14-15H,6,11-13H2,1-5H3,(H,25,27)/t14-,15+. The number of esters is 1. The zero-order valence-corrected chi connectivity index (χ0v) is 19.7. The van der Waals surface area contributed by atoms with Gasteiger partial charge in [-0.15, -0.1) is 11.3 Å². The fourth-order valence-electron chi connectivity index (χ4n) is 4.40. The molecule has 0 bridgehead atoms. The Kier molecular flexibility index (Phi) is 6.14. The lowest BCUT2D eigenvalue weighted by atomic mass is 9.92. The molecule has 1 aromatic carbocycles. The van der Waals surface area contributed by atoms with Crippen LogP contribution in [0.2, 0.25) is 0 Å². The maximum atomic E-state index is 12.7. The fourth-order valence-corrected chi connectivity index (χ4v) is 5.45. The number of rotatable bonds is 5. The van der Waals surface area contributed by atoms with Gasteiger partial charge in [-0.2, -0.15) is 0 Å². The number of aromatic nitrogens is 2. The van der Waals surface area contributed by atoms with Crippen molar-refractivity contribution in [2.24, 2.45) is 11.8 Å². The molecule has 1 fully saturated rings. The van der Waals surface area contributed by atoms with Crippen molar-refractivity contribution in [3.63, 3.8) is 0 Å². The molecule has 3 aromatic rings. The number of thiophene rings is 1. The van der Waals surface area contributed by atoms with E-state index in [1.165, 1.54) is 6.42 Å². The minimum absolute atomic E-state index is 0.303. The summed E-state index contributed by atoms with van der Waals surface area (Å²) in [5.74, 6) is 2.40. The molecule has 2 atom stereocenters. The molecule has 1 aliphatic rings. The summed E-state index contributed by atoms with van der Waals surface area (Å²) in [6.45, 7) is 12.6. The van der Waals surface area contributed by atoms with E-state index in [1.54, 1.807) is 11.3 Å². The Morgan fingerprint density at radius 3 is 2.45 bits per heavy atom. The summed E-state index contributed by atoms with van der Waals surface area (Å²) in [4.78, 5) is 26.0. The number of carbonyl (C=O) groups is 1. The summed E-state index contributed by atoms with van der Waals surface area (Å²) in [6.07, 6.45) is 1.22. The van der Waals surface area contributed by atoms with E-state index in [4.69, 9.17) is 14.7 Å². The summed E-state index contributed by atoms with van der Waals surface area (Å²) in [7, 11) is 0. The van der Waals surface area contributed by atoms with E-state index < -0.39 is 0 Å². The van der Waals surface area contributed by atoms with Crippen LogP contribution >= 0.6 is 11.3 Å². The molecule has 4 rings (SSSR count). The molecule has 0 spiro atoms. The summed E-state index contributed by atoms with van der Waals surface area (Å²) in [5.41, 5.74) is 3.24. The molecule has 1 aliphatic heterocycles. The molecule has 0 amide bonds. The van der Waals surface area contributed by atoms with Gasteiger partial charge >= 0.3 is 5.97 Å². The molecule has 1 saturated heterocycles. The zero-order chi connectivity index (χ0) is 22.1. The van der Waals surface area contributed by atoms with Crippen LogP contribution in [0.1, 0.15) is 48.0 Å². The minimum Gasteiger partial charge on any atom is -0.462 e. The van der Waals surface area contributed by atoms with Gasteiger partial charge in [0.15, 0.2) is 11.6 Å². The lowest BCUT2D eigenvalue weighted by molar-refractivity contribution is 0.0527. The van der Waals surface area contributed by atoms with Crippen molar-refractivity contribution < 1.29 is 9.53 Å². The number of anilines is 3. The van der Waals surface area contributed by atoms with Crippen LogP contribution in [0, 0.1) is 25.7 Å². The summed E-state index contributed by atoms with van der Waals surface area (Å²) < 4.78 is 5.33. The highest BCUT2D eigenvalue weighted by Crippen LogP contribution is 2.38. The molecule has 3 heterocycles. The van der Waals surface area contributed by atoms with Gasteiger partial charge in [-0.1, -0.05) is 26.0 Å². The smallest absolute Gasteiger partial charge is 0.341 e. The Balaban J connectivity index is 1.80. The first-order chi connectivity index (χ1) is 14.9. The van der Waals surface area contributed by atoms with Gasteiger partial charge in [-0.05, 0) is 56.7 Å². The third kappa shape index (κ3) is 4.37. The van der Waals surface area contributed by atoms with E-state index in [0.29, 0.717) is 29.8 Å². The van der Waals surface area contributed by atoms with Crippen LogP contribution in [0.3, 0.4) is 0 Å². The second-order valence-corrected chi connectivity index (χ2v) is 9.79. The highest BCUT2D eigenvalue weighted by molar-refractivity contribution is 7.16. The van der Waals surface area contributed by atoms with Gasteiger partial charge in [0.2, 0.25) is 0 Å². The van der Waals surface area contributed by atoms with Crippen molar-refractivity contribution >= 4 is 45.0 Å². The monoisotopic (exact) mass is 438 g/mol. The predicted octanol–water partition coefficient (Wildman–Crippen LogP) is 5.71. The molecule has 0 unspecified atom stereocenters. The van der Waals surface area contributed by atoms with Crippen LogP contribution in [0.5, 0.6) is 0 Å². The average molecular weight is 439 g/mol. The number of nitrogens with one attached hydrogen (secondary N) is 1. The number of carbonyl (C=O) groups excluding carboxylic acids is 1. The van der Waals surface area contributed by atoms with E-state index in [-0.39, 0.29) is 5.97 Å². The van der Waals surface area contributed by atoms with E-state index >= 15 is 0 Å². The first-order valence-electron chi connectivity index (χ1n) is 10.9. The van der Waals surface area contributed by atoms with Crippen LogP contribution in [-0.4, -0.2) is 35.6 Å². The van der Waals surface area contributed by atoms with Gasteiger partial charge in [0, 0.05) is 18.0 Å². The molecule has 7 heteroatoms. The third-order valence-electron chi connectivity index (χ3n) is 5.82. The van der Waals surface area contributed by atoms with Crippen LogP contribution in [-0.2, 0) is 4.74 Å². The normalized spacial score (nSPS) is 18.9. The lowest BCUT2D eigenvalue weighted by Gasteiger charge is -2.36. The number of hydrogen-bond donors (Lipinski definition) is 1. The molecule has 0 saturated carbocycles. The molecule has 6 nitrogen and oxygen atoms in total. The minimum atomic E-state index is -0.303. The summed E-state index contributed by atoms with van der Waals surface area (Å²) in [6, 6.07) is 7.92. The Morgan fingerprint density at radius 1 is 1.16 bits per heavy atom. The van der Waals surface area contributed by atoms with Crippen LogP contribution in [0.15, 0.2) is 24.3 Å². The van der Waals surface area contributed by atoms with E-state index in [2.05, 4.69) is 24.1 Å². The van der Waals surface area contributed by atoms with Crippen LogP contribution in [0.25, 0.3) is 11.0 Å². The van der Waals surface area contributed by atoms with Crippen LogP contribution < -0.4 is 10.2 Å². The Labute approximate surface area is 187 Å². The van der Waals surface area contributed by atoms with Crippen molar-refractivity contribution in [3.8, 4) is 0 Å².